The number of benzene rings is 2. The summed E-state index contributed by atoms with van der Waals surface area (Å²) in [5, 5.41) is 11.1. The predicted octanol–water partition coefficient (Wildman–Crippen LogP) is 3.56. The van der Waals surface area contributed by atoms with Crippen LogP contribution in [-0.2, 0) is 14.3 Å². The second kappa shape index (κ2) is 10.9. The Morgan fingerprint density at radius 2 is 1.67 bits per heavy atom. The van der Waals surface area contributed by atoms with Gasteiger partial charge in [0, 0.05) is 19.2 Å². The van der Waals surface area contributed by atoms with Gasteiger partial charge in [-0.3, -0.25) is 9.59 Å². The number of aliphatic hydroxyl groups excluding tert-OH is 1. The van der Waals surface area contributed by atoms with Gasteiger partial charge in [0.15, 0.2) is 11.5 Å². The van der Waals surface area contributed by atoms with Crippen molar-refractivity contribution in [2.75, 3.05) is 40.6 Å². The zero-order valence-corrected chi connectivity index (χ0v) is 19.3. The number of carbonyl (C=O) groups is 2. The number of methoxy groups -OCH3 is 2. The molecule has 1 aliphatic rings. The summed E-state index contributed by atoms with van der Waals surface area (Å²) in [6.07, 6.45) is 0. The fraction of sp³-hybridized carbons (Fsp3) is 0.360. The molecule has 8 nitrogen and oxygen atoms in total. The molecule has 0 aromatic heterocycles. The van der Waals surface area contributed by atoms with Crippen molar-refractivity contribution in [2.24, 2.45) is 0 Å². The summed E-state index contributed by atoms with van der Waals surface area (Å²) in [7, 11) is 3.04. The monoisotopic (exact) mass is 455 g/mol. The molecule has 1 atom stereocenters. The molecule has 1 aliphatic heterocycles. The maximum atomic E-state index is 13.0. The van der Waals surface area contributed by atoms with E-state index in [1.54, 1.807) is 42.5 Å². The van der Waals surface area contributed by atoms with E-state index in [-0.39, 0.29) is 24.5 Å². The Hall–Kier alpha value is -3.52. The molecule has 0 spiro atoms. The Balaban J connectivity index is 2.13. The molecule has 0 aliphatic carbocycles. The lowest BCUT2D eigenvalue weighted by Gasteiger charge is -2.25. The molecular formula is C25H29NO7. The van der Waals surface area contributed by atoms with Crippen molar-refractivity contribution in [3.8, 4) is 17.2 Å². The van der Waals surface area contributed by atoms with Gasteiger partial charge in [0.25, 0.3) is 11.7 Å². The van der Waals surface area contributed by atoms with Gasteiger partial charge in [-0.2, -0.15) is 0 Å². The predicted molar refractivity (Wildman–Crippen MR) is 123 cm³/mol. The summed E-state index contributed by atoms with van der Waals surface area (Å²) in [5.74, 6) is -0.0545. The standard InChI is InChI=1S/C25H29NO7/c1-5-32-18-10-7-16(8-11-18)23(27)21-22(26(13-14-30-3)25(29)24(21)28)17-9-12-19(33-6-2)20(15-17)31-4/h7-12,15,22,27H,5-6,13-14H2,1-4H3/t22-/m1/s1. The third-order valence-corrected chi connectivity index (χ3v) is 5.32. The quantitative estimate of drug-likeness (QED) is 0.333. The van der Waals surface area contributed by atoms with Gasteiger partial charge in [-0.15, -0.1) is 0 Å². The number of hydrogen-bond donors (Lipinski definition) is 1. The van der Waals surface area contributed by atoms with E-state index < -0.39 is 17.7 Å². The highest BCUT2D eigenvalue weighted by Crippen LogP contribution is 2.42. The van der Waals surface area contributed by atoms with Crippen LogP contribution in [-0.4, -0.2) is 62.3 Å². The van der Waals surface area contributed by atoms with Crippen LogP contribution in [0.3, 0.4) is 0 Å². The Morgan fingerprint density at radius 3 is 2.27 bits per heavy atom. The second-order valence-corrected chi connectivity index (χ2v) is 7.29. The number of carbonyl (C=O) groups excluding carboxylic acids is 2. The number of amides is 1. The highest BCUT2D eigenvalue weighted by atomic mass is 16.5. The topological polar surface area (TPSA) is 94.5 Å². The van der Waals surface area contributed by atoms with Gasteiger partial charge in [-0.1, -0.05) is 6.07 Å². The number of rotatable bonds is 10. The molecule has 2 aromatic rings. The Kier molecular flexibility index (Phi) is 7.95. The van der Waals surface area contributed by atoms with Crippen molar-refractivity contribution in [1.29, 1.82) is 0 Å². The molecule has 1 heterocycles. The van der Waals surface area contributed by atoms with Crippen LogP contribution in [0.1, 0.15) is 31.0 Å². The van der Waals surface area contributed by atoms with Gasteiger partial charge in [-0.05, 0) is 55.8 Å². The lowest BCUT2D eigenvalue weighted by molar-refractivity contribution is -0.140. The summed E-state index contributed by atoms with van der Waals surface area (Å²) in [6.45, 7) is 5.13. The largest absolute Gasteiger partial charge is 0.507 e. The SMILES string of the molecule is CCOc1ccc(C(O)=C2C(=O)C(=O)N(CCOC)[C@@H]2c2ccc(OCC)c(OC)c2)cc1. The van der Waals surface area contributed by atoms with Crippen LogP contribution < -0.4 is 14.2 Å². The summed E-state index contributed by atoms with van der Waals surface area (Å²) in [6, 6.07) is 11.1. The highest BCUT2D eigenvalue weighted by molar-refractivity contribution is 6.46. The van der Waals surface area contributed by atoms with E-state index in [2.05, 4.69) is 0 Å². The fourth-order valence-corrected chi connectivity index (χ4v) is 3.81. The van der Waals surface area contributed by atoms with E-state index in [0.29, 0.717) is 41.6 Å². The Morgan fingerprint density at radius 1 is 0.970 bits per heavy atom. The van der Waals surface area contributed by atoms with Gasteiger partial charge in [0.2, 0.25) is 0 Å². The lowest BCUT2D eigenvalue weighted by Crippen LogP contribution is -2.32. The summed E-state index contributed by atoms with van der Waals surface area (Å²) >= 11 is 0. The van der Waals surface area contributed by atoms with Crippen LogP contribution in [0.25, 0.3) is 5.76 Å². The second-order valence-electron chi connectivity index (χ2n) is 7.29. The normalized spacial score (nSPS) is 17.3. The van der Waals surface area contributed by atoms with Gasteiger partial charge < -0.3 is 29.0 Å². The van der Waals surface area contributed by atoms with Crippen molar-refractivity contribution in [1.82, 2.24) is 4.90 Å². The summed E-state index contributed by atoms with van der Waals surface area (Å²) in [4.78, 5) is 27.3. The van der Waals surface area contributed by atoms with E-state index in [9.17, 15) is 14.7 Å². The minimum atomic E-state index is -0.809. The van der Waals surface area contributed by atoms with E-state index >= 15 is 0 Å². The van der Waals surface area contributed by atoms with E-state index in [1.807, 2.05) is 13.8 Å². The summed E-state index contributed by atoms with van der Waals surface area (Å²) < 4.78 is 21.6. The first-order valence-electron chi connectivity index (χ1n) is 10.8. The van der Waals surface area contributed by atoms with Crippen molar-refractivity contribution >= 4 is 17.4 Å². The van der Waals surface area contributed by atoms with Crippen LogP contribution >= 0.6 is 0 Å². The minimum Gasteiger partial charge on any atom is -0.507 e. The number of hydrogen-bond acceptors (Lipinski definition) is 7. The van der Waals surface area contributed by atoms with Crippen LogP contribution in [0.4, 0.5) is 0 Å². The Labute approximate surface area is 193 Å². The highest BCUT2D eigenvalue weighted by Gasteiger charge is 2.46. The molecule has 0 bridgehead atoms. The molecule has 1 amide bonds. The number of ether oxygens (including phenoxy) is 4. The van der Waals surface area contributed by atoms with Crippen LogP contribution in [0.5, 0.6) is 17.2 Å². The van der Waals surface area contributed by atoms with Gasteiger partial charge in [0.1, 0.15) is 11.5 Å². The van der Waals surface area contributed by atoms with E-state index in [0.717, 1.165) is 0 Å². The van der Waals surface area contributed by atoms with E-state index in [4.69, 9.17) is 18.9 Å². The molecule has 0 saturated carbocycles. The first kappa shape index (κ1) is 24.1. The number of aliphatic hydroxyl groups is 1. The maximum Gasteiger partial charge on any atom is 0.295 e. The zero-order chi connectivity index (χ0) is 24.0. The number of nitrogens with zero attached hydrogens (tertiary/aromatic N) is 1. The van der Waals surface area contributed by atoms with Gasteiger partial charge in [-0.25, -0.2) is 0 Å². The molecule has 8 heteroatoms. The molecule has 1 saturated heterocycles. The van der Waals surface area contributed by atoms with Gasteiger partial charge in [0.05, 0.1) is 38.5 Å². The molecule has 0 unspecified atom stereocenters. The van der Waals surface area contributed by atoms with Gasteiger partial charge >= 0.3 is 0 Å². The van der Waals surface area contributed by atoms with Crippen molar-refractivity contribution in [3.63, 3.8) is 0 Å². The third kappa shape index (κ3) is 4.96. The number of likely N-dealkylation sites (tertiary alicyclic amines) is 1. The van der Waals surface area contributed by atoms with E-state index in [1.165, 1.54) is 19.1 Å². The molecule has 33 heavy (non-hydrogen) atoms. The maximum absolute atomic E-state index is 13.0. The fourth-order valence-electron chi connectivity index (χ4n) is 3.81. The van der Waals surface area contributed by atoms with Crippen LogP contribution in [0, 0.1) is 0 Å². The van der Waals surface area contributed by atoms with Crippen molar-refractivity contribution < 1.29 is 33.6 Å². The summed E-state index contributed by atoms with van der Waals surface area (Å²) in [5.41, 5.74) is 1.02. The number of ketones is 1. The zero-order valence-electron chi connectivity index (χ0n) is 19.3. The van der Waals surface area contributed by atoms with Crippen molar-refractivity contribution in [3.05, 3.63) is 59.2 Å². The molecular weight excluding hydrogens is 426 g/mol. The average Bonchev–Trinajstić information content (AvgIpc) is 3.08. The van der Waals surface area contributed by atoms with Crippen LogP contribution in [0.15, 0.2) is 48.0 Å². The average molecular weight is 456 g/mol. The Bertz CT molecular complexity index is 1030. The number of Topliss-reactive ketones (excluding diaryl/α,β-unsaturated/α-hetero) is 1. The molecule has 176 valence electrons. The lowest BCUT2D eigenvalue weighted by atomic mass is 9.95. The molecule has 3 rings (SSSR count). The van der Waals surface area contributed by atoms with Crippen LogP contribution in [0.2, 0.25) is 0 Å². The smallest absolute Gasteiger partial charge is 0.295 e. The molecule has 1 N–H and O–H groups in total. The molecule has 1 fully saturated rings. The minimum absolute atomic E-state index is 0.00600. The molecule has 2 aromatic carbocycles. The molecule has 0 radical (unpaired) electrons. The van der Waals surface area contributed by atoms with Crippen molar-refractivity contribution in [2.45, 2.75) is 19.9 Å². The first-order valence-corrected chi connectivity index (χ1v) is 10.8. The third-order valence-electron chi connectivity index (χ3n) is 5.32. The first-order chi connectivity index (χ1) is 16.0.